The van der Waals surface area contributed by atoms with Crippen LogP contribution in [0, 0.1) is 0 Å². The average Bonchev–Trinajstić information content (AvgIpc) is 2.85. The number of rotatable bonds is 9. The molecule has 0 aliphatic carbocycles. The summed E-state index contributed by atoms with van der Waals surface area (Å²) in [4.78, 5) is 19.2. The van der Waals surface area contributed by atoms with Crippen LogP contribution in [0.1, 0.15) is 45.6 Å². The quantitative estimate of drug-likeness (QED) is 0.225. The largest absolute Gasteiger partial charge is 0.294 e. The van der Waals surface area contributed by atoms with Crippen LogP contribution in [0.4, 0.5) is 0 Å². The first-order valence-corrected chi connectivity index (χ1v) is 10.9. The van der Waals surface area contributed by atoms with E-state index in [0.29, 0.717) is 10.6 Å². The van der Waals surface area contributed by atoms with Crippen molar-refractivity contribution in [3.8, 4) is 0 Å². The van der Waals surface area contributed by atoms with Crippen molar-refractivity contribution in [2.75, 3.05) is 0 Å². The van der Waals surface area contributed by atoms with Gasteiger partial charge in [0.15, 0.2) is 5.78 Å². The number of benzene rings is 4. The fraction of sp³-hybridized carbons (Fsp3) is 0.107. The molecular weight excluding hydrogens is 418 g/mol. The van der Waals surface area contributed by atoms with Crippen molar-refractivity contribution in [3.05, 3.63) is 143 Å². The van der Waals surface area contributed by atoms with Gasteiger partial charge >= 0.3 is 0 Å². The molecule has 0 saturated heterocycles. The second-order valence-corrected chi connectivity index (χ2v) is 7.91. The van der Waals surface area contributed by atoms with E-state index in [9.17, 15) is 4.79 Å². The molecule has 3 nitrogen and oxygen atoms in total. The van der Waals surface area contributed by atoms with Gasteiger partial charge in [-0.25, -0.2) is 0 Å². The zero-order valence-electron chi connectivity index (χ0n) is 17.5. The molecular formula is C28H24ClNO2. The maximum absolute atomic E-state index is 13.0. The highest BCUT2D eigenvalue weighted by molar-refractivity contribution is 6.31. The van der Waals surface area contributed by atoms with Crippen molar-refractivity contribution in [2.24, 2.45) is 0 Å². The first kappa shape index (κ1) is 22.0. The monoisotopic (exact) mass is 441 g/mol. The summed E-state index contributed by atoms with van der Waals surface area (Å²) < 4.78 is 0. The minimum atomic E-state index is -0.411. The topological polar surface area (TPSA) is 38.3 Å². The van der Waals surface area contributed by atoms with Gasteiger partial charge < -0.3 is 0 Å². The summed E-state index contributed by atoms with van der Waals surface area (Å²) in [7, 11) is 0. The molecule has 0 radical (unpaired) electrons. The molecule has 0 aromatic heterocycles. The van der Waals surface area contributed by atoms with Crippen LogP contribution in [-0.4, -0.2) is 5.78 Å². The van der Waals surface area contributed by atoms with Gasteiger partial charge in [-0.05, 0) is 22.8 Å². The third-order valence-electron chi connectivity index (χ3n) is 5.30. The molecule has 0 bridgehead atoms. The fourth-order valence-electron chi connectivity index (χ4n) is 3.63. The van der Waals surface area contributed by atoms with Crippen molar-refractivity contribution in [1.82, 2.24) is 5.48 Å². The van der Waals surface area contributed by atoms with E-state index in [2.05, 4.69) is 5.48 Å². The van der Waals surface area contributed by atoms with E-state index < -0.39 is 6.04 Å². The lowest BCUT2D eigenvalue weighted by molar-refractivity contribution is -0.0272. The van der Waals surface area contributed by atoms with E-state index in [4.69, 9.17) is 16.4 Å². The van der Waals surface area contributed by atoms with Gasteiger partial charge in [0.1, 0.15) is 6.10 Å². The number of halogens is 1. The van der Waals surface area contributed by atoms with Crippen LogP contribution in [-0.2, 0) is 4.84 Å². The van der Waals surface area contributed by atoms with Crippen LogP contribution in [0.3, 0.4) is 0 Å². The van der Waals surface area contributed by atoms with E-state index in [-0.39, 0.29) is 18.3 Å². The van der Waals surface area contributed by atoms with Gasteiger partial charge in [0.2, 0.25) is 0 Å². The number of carbonyl (C=O) groups excluding carboxylic acids is 1. The SMILES string of the molecule is O=C(C[C@H](NOC(c1ccccc1)c1ccccc1)c1ccccc1Cl)c1ccccc1. The summed E-state index contributed by atoms with van der Waals surface area (Å²) >= 11 is 6.49. The summed E-state index contributed by atoms with van der Waals surface area (Å²) in [5.41, 5.74) is 6.67. The van der Waals surface area contributed by atoms with Crippen molar-refractivity contribution in [3.63, 3.8) is 0 Å². The Hall–Kier alpha value is -3.24. The van der Waals surface area contributed by atoms with E-state index >= 15 is 0 Å². The molecule has 0 amide bonds. The van der Waals surface area contributed by atoms with Gasteiger partial charge in [-0.3, -0.25) is 9.63 Å². The molecule has 4 aromatic carbocycles. The minimum Gasteiger partial charge on any atom is -0.294 e. The van der Waals surface area contributed by atoms with Gasteiger partial charge in [0.05, 0.1) is 6.04 Å². The highest BCUT2D eigenvalue weighted by atomic mass is 35.5. The third kappa shape index (κ3) is 5.51. The molecule has 4 rings (SSSR count). The Morgan fingerprint density at radius 2 is 1.22 bits per heavy atom. The average molecular weight is 442 g/mol. The molecule has 160 valence electrons. The molecule has 0 saturated carbocycles. The molecule has 0 fully saturated rings. The number of nitrogens with one attached hydrogen (secondary N) is 1. The maximum Gasteiger partial charge on any atom is 0.164 e. The lowest BCUT2D eigenvalue weighted by Crippen LogP contribution is -2.27. The van der Waals surface area contributed by atoms with E-state index in [1.807, 2.05) is 115 Å². The molecule has 0 spiro atoms. The van der Waals surface area contributed by atoms with E-state index in [1.165, 1.54) is 0 Å². The summed E-state index contributed by atoms with van der Waals surface area (Å²) in [5.74, 6) is 0.0163. The van der Waals surface area contributed by atoms with Gasteiger partial charge in [-0.15, -0.1) is 0 Å². The summed E-state index contributed by atoms with van der Waals surface area (Å²) in [6, 6.07) is 36.4. The smallest absolute Gasteiger partial charge is 0.164 e. The van der Waals surface area contributed by atoms with Crippen molar-refractivity contribution in [1.29, 1.82) is 0 Å². The summed E-state index contributed by atoms with van der Waals surface area (Å²) in [6.07, 6.45) is -0.126. The van der Waals surface area contributed by atoms with Crippen molar-refractivity contribution >= 4 is 17.4 Å². The lowest BCUT2D eigenvalue weighted by Gasteiger charge is -2.24. The fourth-order valence-corrected chi connectivity index (χ4v) is 3.90. The predicted octanol–water partition coefficient (Wildman–Crippen LogP) is 6.96. The zero-order chi connectivity index (χ0) is 22.2. The number of Topliss-reactive ketones (excluding diaryl/α,β-unsaturated/α-hetero) is 1. The van der Waals surface area contributed by atoms with Crippen LogP contribution in [0.15, 0.2) is 115 Å². The number of hydrogen-bond acceptors (Lipinski definition) is 3. The lowest BCUT2D eigenvalue weighted by atomic mass is 9.98. The number of hydrogen-bond donors (Lipinski definition) is 1. The second-order valence-electron chi connectivity index (χ2n) is 7.50. The first-order valence-electron chi connectivity index (χ1n) is 10.6. The van der Waals surface area contributed by atoms with Crippen molar-refractivity contribution in [2.45, 2.75) is 18.6 Å². The Morgan fingerprint density at radius 1 is 0.719 bits per heavy atom. The molecule has 32 heavy (non-hydrogen) atoms. The van der Waals surface area contributed by atoms with Crippen molar-refractivity contribution < 1.29 is 9.63 Å². The van der Waals surface area contributed by atoms with E-state index in [0.717, 1.165) is 16.7 Å². The molecule has 0 heterocycles. The van der Waals surface area contributed by atoms with Crippen LogP contribution in [0.25, 0.3) is 0 Å². The Bertz CT molecular complexity index is 1090. The molecule has 0 aliphatic rings. The number of carbonyl (C=O) groups is 1. The number of hydroxylamine groups is 1. The molecule has 0 unspecified atom stereocenters. The Kier molecular flexibility index (Phi) is 7.47. The minimum absolute atomic E-state index is 0.0163. The zero-order valence-corrected chi connectivity index (χ0v) is 18.3. The normalized spacial score (nSPS) is 11.9. The van der Waals surface area contributed by atoms with Gasteiger partial charge in [-0.1, -0.05) is 121 Å². The summed E-state index contributed by atoms with van der Waals surface area (Å²) in [6.45, 7) is 0. The van der Waals surface area contributed by atoms with Crippen LogP contribution in [0.2, 0.25) is 5.02 Å². The van der Waals surface area contributed by atoms with Crippen LogP contribution >= 0.6 is 11.6 Å². The molecule has 1 N–H and O–H groups in total. The third-order valence-corrected chi connectivity index (χ3v) is 5.64. The number of ketones is 1. The van der Waals surface area contributed by atoms with E-state index in [1.54, 1.807) is 0 Å². The van der Waals surface area contributed by atoms with Gasteiger partial charge in [-0.2, -0.15) is 5.48 Å². The molecule has 4 heteroatoms. The summed E-state index contributed by atoms with van der Waals surface area (Å²) in [5, 5.41) is 0.588. The van der Waals surface area contributed by atoms with Crippen LogP contribution in [0.5, 0.6) is 0 Å². The maximum atomic E-state index is 13.0. The highest BCUT2D eigenvalue weighted by Gasteiger charge is 2.22. The predicted molar refractivity (Wildman–Crippen MR) is 129 cm³/mol. The van der Waals surface area contributed by atoms with Crippen LogP contribution < -0.4 is 5.48 Å². The Balaban J connectivity index is 1.61. The first-order chi connectivity index (χ1) is 15.7. The molecule has 0 aliphatic heterocycles. The molecule has 4 aromatic rings. The highest BCUT2D eigenvalue weighted by Crippen LogP contribution is 2.30. The van der Waals surface area contributed by atoms with Gasteiger partial charge in [0.25, 0.3) is 0 Å². The second kappa shape index (κ2) is 10.9. The molecule has 1 atom stereocenters. The van der Waals surface area contributed by atoms with Gasteiger partial charge in [0, 0.05) is 17.0 Å². The Morgan fingerprint density at radius 3 is 1.78 bits per heavy atom. The Labute approximate surface area is 193 Å². The standard InChI is InChI=1S/C28H24ClNO2/c29-25-19-11-10-18-24(25)26(20-27(31)21-12-4-1-5-13-21)30-32-28(22-14-6-2-7-15-22)23-16-8-3-9-17-23/h1-19,26,28,30H,20H2/t26-/m0/s1.